The Balaban J connectivity index is 1.84. The predicted molar refractivity (Wildman–Crippen MR) is 69.0 cm³/mol. The van der Waals surface area contributed by atoms with Crippen LogP contribution in [0.15, 0.2) is 42.5 Å². The highest BCUT2D eigenvalue weighted by molar-refractivity contribution is 5.92. The van der Waals surface area contributed by atoms with Crippen molar-refractivity contribution in [1.82, 2.24) is 9.88 Å². The van der Waals surface area contributed by atoms with Gasteiger partial charge in [-0.2, -0.15) is 0 Å². The van der Waals surface area contributed by atoms with Crippen molar-refractivity contribution in [2.24, 2.45) is 0 Å². The SMILES string of the molecule is Cc1cccc(C(=O)N2Cc3ccccc3C2)n1. The Morgan fingerprint density at radius 2 is 1.72 bits per heavy atom. The second-order valence-corrected chi connectivity index (χ2v) is 4.59. The van der Waals surface area contributed by atoms with Gasteiger partial charge in [0.1, 0.15) is 5.69 Å². The first kappa shape index (κ1) is 11.0. The second kappa shape index (κ2) is 4.26. The van der Waals surface area contributed by atoms with Crippen LogP contribution in [0.2, 0.25) is 0 Å². The van der Waals surface area contributed by atoms with Crippen molar-refractivity contribution in [1.29, 1.82) is 0 Å². The van der Waals surface area contributed by atoms with Crippen molar-refractivity contribution in [2.75, 3.05) is 0 Å². The van der Waals surface area contributed by atoms with Crippen molar-refractivity contribution in [3.05, 3.63) is 65.0 Å². The number of hydrogen-bond donors (Lipinski definition) is 0. The minimum absolute atomic E-state index is 0.00917. The molecule has 1 aromatic carbocycles. The Morgan fingerprint density at radius 3 is 2.33 bits per heavy atom. The maximum atomic E-state index is 12.3. The molecule has 0 unspecified atom stereocenters. The third-order valence-corrected chi connectivity index (χ3v) is 3.24. The molecular formula is C15H14N2O. The minimum Gasteiger partial charge on any atom is -0.329 e. The molecule has 3 nitrogen and oxygen atoms in total. The smallest absolute Gasteiger partial charge is 0.273 e. The number of pyridine rings is 1. The number of carbonyl (C=O) groups excluding carboxylic acids is 1. The zero-order valence-corrected chi connectivity index (χ0v) is 10.3. The molecule has 0 fully saturated rings. The lowest BCUT2D eigenvalue weighted by atomic mass is 10.1. The Kier molecular flexibility index (Phi) is 2.59. The standard InChI is InChI=1S/C15H14N2O/c1-11-5-4-8-14(16-11)15(18)17-9-12-6-2-3-7-13(12)10-17/h2-8H,9-10H2,1H3. The zero-order chi connectivity index (χ0) is 12.5. The summed E-state index contributed by atoms with van der Waals surface area (Å²) in [5.74, 6) is 0.00917. The van der Waals surface area contributed by atoms with Gasteiger partial charge in [-0.15, -0.1) is 0 Å². The Labute approximate surface area is 106 Å². The van der Waals surface area contributed by atoms with Gasteiger partial charge in [-0.05, 0) is 30.2 Å². The van der Waals surface area contributed by atoms with Crippen LogP contribution in [0, 0.1) is 6.92 Å². The summed E-state index contributed by atoms with van der Waals surface area (Å²) in [5.41, 5.74) is 3.87. The number of nitrogens with zero attached hydrogens (tertiary/aromatic N) is 2. The molecule has 3 heteroatoms. The molecule has 0 saturated carbocycles. The van der Waals surface area contributed by atoms with Crippen molar-refractivity contribution >= 4 is 5.91 Å². The highest BCUT2D eigenvalue weighted by Crippen LogP contribution is 2.23. The summed E-state index contributed by atoms with van der Waals surface area (Å²) >= 11 is 0. The summed E-state index contributed by atoms with van der Waals surface area (Å²) in [6, 6.07) is 13.7. The first-order valence-electron chi connectivity index (χ1n) is 6.04. The fourth-order valence-electron chi connectivity index (χ4n) is 2.30. The van der Waals surface area contributed by atoms with Crippen molar-refractivity contribution < 1.29 is 4.79 Å². The van der Waals surface area contributed by atoms with Gasteiger partial charge >= 0.3 is 0 Å². The predicted octanol–water partition coefficient (Wildman–Crippen LogP) is 2.55. The molecule has 0 radical (unpaired) electrons. The number of hydrogen-bond acceptors (Lipinski definition) is 2. The van der Waals surface area contributed by atoms with Crippen LogP contribution in [0.5, 0.6) is 0 Å². The fourth-order valence-corrected chi connectivity index (χ4v) is 2.30. The maximum absolute atomic E-state index is 12.3. The van der Waals surface area contributed by atoms with Crippen LogP contribution in [0.1, 0.15) is 27.3 Å². The van der Waals surface area contributed by atoms with Crippen LogP contribution in [-0.2, 0) is 13.1 Å². The van der Waals surface area contributed by atoms with Crippen molar-refractivity contribution in [3.63, 3.8) is 0 Å². The normalized spacial score (nSPS) is 13.5. The van der Waals surface area contributed by atoms with Gasteiger partial charge in [-0.25, -0.2) is 4.98 Å². The van der Waals surface area contributed by atoms with Crippen molar-refractivity contribution in [2.45, 2.75) is 20.0 Å². The Hall–Kier alpha value is -2.16. The van der Waals surface area contributed by atoms with Crippen LogP contribution >= 0.6 is 0 Å². The lowest BCUT2D eigenvalue weighted by molar-refractivity contribution is 0.0745. The second-order valence-electron chi connectivity index (χ2n) is 4.59. The van der Waals surface area contributed by atoms with E-state index in [1.54, 1.807) is 6.07 Å². The minimum atomic E-state index is 0.00917. The third kappa shape index (κ3) is 1.88. The van der Waals surface area contributed by atoms with Gasteiger partial charge in [0, 0.05) is 18.8 Å². The average Bonchev–Trinajstić information content (AvgIpc) is 2.81. The zero-order valence-electron chi connectivity index (χ0n) is 10.3. The molecule has 0 atom stereocenters. The fraction of sp³-hybridized carbons (Fsp3) is 0.200. The average molecular weight is 238 g/mol. The highest BCUT2D eigenvalue weighted by atomic mass is 16.2. The quantitative estimate of drug-likeness (QED) is 0.765. The van der Waals surface area contributed by atoms with Gasteiger partial charge in [0.15, 0.2) is 0 Å². The number of amides is 1. The number of benzene rings is 1. The molecule has 0 saturated heterocycles. The molecule has 1 amide bonds. The van der Waals surface area contributed by atoms with E-state index in [0.717, 1.165) is 5.69 Å². The first-order valence-corrected chi connectivity index (χ1v) is 6.04. The van der Waals surface area contributed by atoms with Gasteiger partial charge in [-0.3, -0.25) is 4.79 Å². The lowest BCUT2D eigenvalue weighted by Crippen LogP contribution is -2.26. The molecule has 3 rings (SSSR count). The summed E-state index contributed by atoms with van der Waals surface area (Å²) < 4.78 is 0. The molecule has 18 heavy (non-hydrogen) atoms. The lowest BCUT2D eigenvalue weighted by Gasteiger charge is -2.14. The van der Waals surface area contributed by atoms with Gasteiger partial charge < -0.3 is 4.90 Å². The molecule has 1 aliphatic rings. The summed E-state index contributed by atoms with van der Waals surface area (Å²) in [6.07, 6.45) is 0. The van der Waals surface area contributed by atoms with E-state index in [0.29, 0.717) is 18.8 Å². The molecule has 2 heterocycles. The van der Waals surface area contributed by atoms with E-state index < -0.39 is 0 Å². The van der Waals surface area contributed by atoms with Crippen LogP contribution in [0.25, 0.3) is 0 Å². The van der Waals surface area contributed by atoms with E-state index >= 15 is 0 Å². The van der Waals surface area contributed by atoms with Crippen LogP contribution in [-0.4, -0.2) is 15.8 Å². The van der Waals surface area contributed by atoms with E-state index in [9.17, 15) is 4.79 Å². The van der Waals surface area contributed by atoms with E-state index in [2.05, 4.69) is 17.1 Å². The number of rotatable bonds is 1. The third-order valence-electron chi connectivity index (χ3n) is 3.24. The number of fused-ring (bicyclic) bond motifs is 1. The summed E-state index contributed by atoms with van der Waals surface area (Å²) in [5, 5.41) is 0. The number of carbonyl (C=O) groups is 1. The molecule has 0 aliphatic carbocycles. The number of aryl methyl sites for hydroxylation is 1. The van der Waals surface area contributed by atoms with Gasteiger partial charge in [0.25, 0.3) is 5.91 Å². The van der Waals surface area contributed by atoms with E-state index in [1.807, 2.05) is 36.1 Å². The molecule has 1 aromatic heterocycles. The van der Waals surface area contributed by atoms with E-state index in [-0.39, 0.29) is 5.91 Å². The van der Waals surface area contributed by atoms with Gasteiger partial charge in [-0.1, -0.05) is 30.3 Å². The van der Waals surface area contributed by atoms with Crippen molar-refractivity contribution in [3.8, 4) is 0 Å². The Morgan fingerprint density at radius 1 is 1.06 bits per heavy atom. The molecule has 0 bridgehead atoms. The van der Waals surface area contributed by atoms with Crippen LogP contribution < -0.4 is 0 Å². The van der Waals surface area contributed by atoms with Gasteiger partial charge in [0.05, 0.1) is 0 Å². The number of aromatic nitrogens is 1. The summed E-state index contributed by atoms with van der Waals surface area (Å²) in [4.78, 5) is 18.5. The monoisotopic (exact) mass is 238 g/mol. The van der Waals surface area contributed by atoms with E-state index in [1.165, 1.54) is 11.1 Å². The highest BCUT2D eigenvalue weighted by Gasteiger charge is 2.24. The first-order chi connectivity index (χ1) is 8.74. The van der Waals surface area contributed by atoms with Crippen LogP contribution in [0.4, 0.5) is 0 Å². The molecule has 0 N–H and O–H groups in total. The topological polar surface area (TPSA) is 33.2 Å². The largest absolute Gasteiger partial charge is 0.329 e. The molecule has 90 valence electrons. The molecule has 0 spiro atoms. The van der Waals surface area contributed by atoms with Crippen LogP contribution in [0.3, 0.4) is 0 Å². The Bertz CT molecular complexity index is 582. The van der Waals surface area contributed by atoms with Gasteiger partial charge in [0.2, 0.25) is 0 Å². The molecule has 2 aromatic rings. The summed E-state index contributed by atoms with van der Waals surface area (Å²) in [6.45, 7) is 3.27. The van der Waals surface area contributed by atoms with E-state index in [4.69, 9.17) is 0 Å². The maximum Gasteiger partial charge on any atom is 0.273 e. The molecule has 1 aliphatic heterocycles. The molecular weight excluding hydrogens is 224 g/mol. The summed E-state index contributed by atoms with van der Waals surface area (Å²) in [7, 11) is 0.